The smallest absolute Gasteiger partial charge is 0.140 e. The van der Waals surface area contributed by atoms with Gasteiger partial charge in [-0.2, -0.15) is 0 Å². The first kappa shape index (κ1) is 15.5. The van der Waals surface area contributed by atoms with Gasteiger partial charge in [0.05, 0.1) is 6.10 Å². The van der Waals surface area contributed by atoms with Crippen molar-refractivity contribution in [3.63, 3.8) is 0 Å². The third-order valence-electron chi connectivity index (χ3n) is 4.18. The van der Waals surface area contributed by atoms with Crippen molar-refractivity contribution in [1.29, 1.82) is 0 Å². The second-order valence-electron chi connectivity index (χ2n) is 5.71. The monoisotopic (exact) mass is 304 g/mol. The van der Waals surface area contributed by atoms with Crippen LogP contribution < -0.4 is 0 Å². The highest BCUT2D eigenvalue weighted by molar-refractivity contribution is 5.50. The van der Waals surface area contributed by atoms with Gasteiger partial charge in [0, 0.05) is 0 Å². The zero-order chi connectivity index (χ0) is 16.3. The van der Waals surface area contributed by atoms with E-state index in [-0.39, 0.29) is 0 Å². The first-order chi connectivity index (χ1) is 11.1. The van der Waals surface area contributed by atoms with Crippen LogP contribution in [-0.4, -0.2) is 10.2 Å². The summed E-state index contributed by atoms with van der Waals surface area (Å²) in [4.78, 5) is 0. The van der Waals surface area contributed by atoms with Crippen molar-refractivity contribution in [3.05, 3.63) is 107 Å². The van der Waals surface area contributed by atoms with Crippen LogP contribution in [0.25, 0.3) is 0 Å². The van der Waals surface area contributed by atoms with Crippen molar-refractivity contribution >= 4 is 0 Å². The molecule has 0 aromatic heterocycles. The second-order valence-corrected chi connectivity index (χ2v) is 5.71. The Kier molecular flexibility index (Phi) is 4.28. The van der Waals surface area contributed by atoms with Crippen molar-refractivity contribution < 1.29 is 10.2 Å². The maximum Gasteiger partial charge on any atom is 0.140 e. The second kappa shape index (κ2) is 6.37. The minimum Gasteiger partial charge on any atom is -0.389 e. The predicted octanol–water partition coefficient (Wildman–Crippen LogP) is 4.02. The van der Waals surface area contributed by atoms with Crippen LogP contribution in [-0.2, 0) is 5.60 Å². The van der Waals surface area contributed by atoms with Gasteiger partial charge in [-0.15, -0.1) is 0 Å². The lowest BCUT2D eigenvalue weighted by Gasteiger charge is -2.32. The molecule has 0 saturated heterocycles. The van der Waals surface area contributed by atoms with Gasteiger partial charge in [0.2, 0.25) is 0 Å². The van der Waals surface area contributed by atoms with Gasteiger partial charge in [-0.05, 0) is 29.2 Å². The molecule has 1 unspecified atom stereocenters. The molecule has 3 aromatic carbocycles. The standard InChI is InChI=1S/C21H20O2/c1-16(22)19-14-8-9-15-20(19)21(23,17-10-4-2-5-11-17)18-12-6-3-7-13-18/h2-16,22-23H,1H3. The third kappa shape index (κ3) is 2.79. The Hall–Kier alpha value is -2.42. The lowest BCUT2D eigenvalue weighted by molar-refractivity contribution is 0.118. The van der Waals surface area contributed by atoms with E-state index in [4.69, 9.17) is 0 Å². The maximum absolute atomic E-state index is 11.7. The number of benzene rings is 3. The van der Waals surface area contributed by atoms with Gasteiger partial charge in [0.25, 0.3) is 0 Å². The highest BCUT2D eigenvalue weighted by Gasteiger charge is 2.35. The van der Waals surface area contributed by atoms with Crippen molar-refractivity contribution in [2.45, 2.75) is 18.6 Å². The molecule has 0 heterocycles. The van der Waals surface area contributed by atoms with Crippen LogP contribution in [0.1, 0.15) is 35.3 Å². The molecule has 1 atom stereocenters. The van der Waals surface area contributed by atoms with Crippen LogP contribution in [0.2, 0.25) is 0 Å². The fourth-order valence-electron chi connectivity index (χ4n) is 3.03. The molecule has 2 heteroatoms. The maximum atomic E-state index is 11.7. The van der Waals surface area contributed by atoms with Crippen molar-refractivity contribution in [3.8, 4) is 0 Å². The van der Waals surface area contributed by atoms with Crippen LogP contribution in [0, 0.1) is 0 Å². The zero-order valence-electron chi connectivity index (χ0n) is 13.1. The molecule has 0 aliphatic carbocycles. The Morgan fingerprint density at radius 2 is 1.13 bits per heavy atom. The van der Waals surface area contributed by atoms with E-state index in [1.165, 1.54) is 0 Å². The molecular weight excluding hydrogens is 284 g/mol. The summed E-state index contributed by atoms with van der Waals surface area (Å²) in [5, 5.41) is 21.9. The number of rotatable bonds is 4. The lowest BCUT2D eigenvalue weighted by Crippen LogP contribution is -2.30. The molecule has 3 aromatic rings. The molecule has 0 radical (unpaired) electrons. The van der Waals surface area contributed by atoms with Gasteiger partial charge < -0.3 is 10.2 Å². The molecule has 0 aliphatic rings. The molecule has 0 spiro atoms. The number of aliphatic hydroxyl groups is 2. The average molecular weight is 304 g/mol. The first-order valence-corrected chi connectivity index (χ1v) is 7.75. The Balaban J connectivity index is 2.30. The van der Waals surface area contributed by atoms with Crippen LogP contribution in [0.15, 0.2) is 84.9 Å². The highest BCUT2D eigenvalue weighted by atomic mass is 16.3. The summed E-state index contributed by atoms with van der Waals surface area (Å²) in [6.07, 6.45) is -0.662. The Bertz CT molecular complexity index is 725. The Morgan fingerprint density at radius 1 is 0.696 bits per heavy atom. The van der Waals surface area contributed by atoms with Crippen LogP contribution in [0.5, 0.6) is 0 Å². The number of aliphatic hydroxyl groups excluding tert-OH is 1. The van der Waals surface area contributed by atoms with E-state index in [0.29, 0.717) is 5.56 Å². The quantitative estimate of drug-likeness (QED) is 0.715. The normalized spacial score (nSPS) is 12.8. The molecule has 3 rings (SSSR count). The molecule has 2 nitrogen and oxygen atoms in total. The van der Waals surface area contributed by atoms with Crippen LogP contribution in [0.3, 0.4) is 0 Å². The molecule has 0 amide bonds. The molecule has 116 valence electrons. The van der Waals surface area contributed by atoms with E-state index in [0.717, 1.165) is 16.7 Å². The minimum absolute atomic E-state index is 0.662. The minimum atomic E-state index is -1.31. The summed E-state index contributed by atoms with van der Waals surface area (Å²) < 4.78 is 0. The molecular formula is C21H20O2. The summed E-state index contributed by atoms with van der Waals surface area (Å²) in [5.41, 5.74) is 1.67. The number of hydrogen-bond donors (Lipinski definition) is 2. The largest absolute Gasteiger partial charge is 0.389 e. The van der Waals surface area contributed by atoms with E-state index in [1.54, 1.807) is 6.92 Å². The zero-order valence-corrected chi connectivity index (χ0v) is 13.1. The molecule has 23 heavy (non-hydrogen) atoms. The van der Waals surface area contributed by atoms with E-state index in [9.17, 15) is 10.2 Å². The van der Waals surface area contributed by atoms with Crippen LogP contribution in [0.4, 0.5) is 0 Å². The lowest BCUT2D eigenvalue weighted by atomic mass is 9.77. The van der Waals surface area contributed by atoms with Gasteiger partial charge in [-0.3, -0.25) is 0 Å². The SMILES string of the molecule is CC(O)c1ccccc1C(O)(c1ccccc1)c1ccccc1. The average Bonchev–Trinajstić information content (AvgIpc) is 2.62. The predicted molar refractivity (Wildman–Crippen MR) is 92.1 cm³/mol. The summed E-state index contributed by atoms with van der Waals surface area (Å²) in [5.74, 6) is 0. The summed E-state index contributed by atoms with van der Waals surface area (Å²) in [6, 6.07) is 26.6. The fourth-order valence-corrected chi connectivity index (χ4v) is 3.03. The fraction of sp³-hybridized carbons (Fsp3) is 0.143. The van der Waals surface area contributed by atoms with Crippen molar-refractivity contribution in [1.82, 2.24) is 0 Å². The van der Waals surface area contributed by atoms with Gasteiger partial charge in [0.1, 0.15) is 5.60 Å². The Labute approximate surface area is 136 Å². The van der Waals surface area contributed by atoms with Crippen molar-refractivity contribution in [2.75, 3.05) is 0 Å². The summed E-state index contributed by atoms with van der Waals surface area (Å²) >= 11 is 0. The molecule has 0 fully saturated rings. The summed E-state index contributed by atoms with van der Waals surface area (Å²) in [7, 11) is 0. The first-order valence-electron chi connectivity index (χ1n) is 7.75. The highest BCUT2D eigenvalue weighted by Crippen LogP contribution is 2.39. The van der Waals surface area contributed by atoms with Crippen LogP contribution >= 0.6 is 0 Å². The molecule has 2 N–H and O–H groups in total. The number of hydrogen-bond acceptors (Lipinski definition) is 2. The molecule has 0 saturated carbocycles. The van der Waals surface area contributed by atoms with Crippen molar-refractivity contribution in [2.24, 2.45) is 0 Å². The molecule has 0 aliphatic heterocycles. The van der Waals surface area contributed by atoms with E-state index < -0.39 is 11.7 Å². The van der Waals surface area contributed by atoms with Gasteiger partial charge in [0.15, 0.2) is 0 Å². The van der Waals surface area contributed by atoms with Gasteiger partial charge in [-0.1, -0.05) is 84.9 Å². The van der Waals surface area contributed by atoms with E-state index in [2.05, 4.69) is 0 Å². The van der Waals surface area contributed by atoms with Gasteiger partial charge in [-0.25, -0.2) is 0 Å². The van der Waals surface area contributed by atoms with Gasteiger partial charge >= 0.3 is 0 Å². The molecule has 0 bridgehead atoms. The summed E-state index contributed by atoms with van der Waals surface area (Å²) in [6.45, 7) is 1.72. The van der Waals surface area contributed by atoms with E-state index >= 15 is 0 Å². The third-order valence-corrected chi connectivity index (χ3v) is 4.18. The van der Waals surface area contributed by atoms with E-state index in [1.807, 2.05) is 84.9 Å². The Morgan fingerprint density at radius 3 is 1.61 bits per heavy atom. The topological polar surface area (TPSA) is 40.5 Å².